The van der Waals surface area contributed by atoms with Gasteiger partial charge in [-0.2, -0.15) is 0 Å². The SMILES string of the molecule is FC1(F)Oc2ccc(NCc3ccc(Br)c(Cl)c3)cc2O1. The maximum atomic E-state index is 12.9. The topological polar surface area (TPSA) is 30.5 Å². The predicted molar refractivity (Wildman–Crippen MR) is 79.1 cm³/mol. The van der Waals surface area contributed by atoms with E-state index in [0.717, 1.165) is 10.0 Å². The molecule has 0 amide bonds. The van der Waals surface area contributed by atoms with Crippen LogP contribution in [-0.4, -0.2) is 6.29 Å². The molecule has 1 aliphatic rings. The second-order valence-electron chi connectivity index (χ2n) is 4.43. The quantitative estimate of drug-likeness (QED) is 0.814. The molecule has 3 rings (SSSR count). The van der Waals surface area contributed by atoms with E-state index in [0.29, 0.717) is 17.3 Å². The highest BCUT2D eigenvalue weighted by molar-refractivity contribution is 9.10. The fourth-order valence-corrected chi connectivity index (χ4v) is 2.36. The standard InChI is InChI=1S/C14H9BrClF2NO2/c15-10-3-1-8(5-11(10)16)7-19-9-2-4-12-13(6-9)21-14(17,18)20-12/h1-6,19H,7H2. The molecule has 1 heterocycles. The van der Waals surface area contributed by atoms with Crippen molar-refractivity contribution in [3.05, 3.63) is 51.5 Å². The summed E-state index contributed by atoms with van der Waals surface area (Å²) >= 11 is 9.33. The van der Waals surface area contributed by atoms with E-state index in [4.69, 9.17) is 11.6 Å². The summed E-state index contributed by atoms with van der Waals surface area (Å²) in [6.45, 7) is 0.503. The third kappa shape index (κ3) is 3.22. The normalized spacial score (nSPS) is 15.0. The Morgan fingerprint density at radius 1 is 1.10 bits per heavy atom. The summed E-state index contributed by atoms with van der Waals surface area (Å²) in [4.78, 5) is 0. The molecule has 1 N–H and O–H groups in total. The number of benzene rings is 2. The van der Waals surface area contributed by atoms with E-state index in [1.165, 1.54) is 12.1 Å². The Morgan fingerprint density at radius 2 is 1.86 bits per heavy atom. The molecule has 110 valence electrons. The van der Waals surface area contributed by atoms with Gasteiger partial charge in [0, 0.05) is 22.8 Å². The van der Waals surface area contributed by atoms with Crippen molar-refractivity contribution < 1.29 is 18.3 Å². The molecule has 0 atom stereocenters. The zero-order valence-electron chi connectivity index (χ0n) is 10.5. The van der Waals surface area contributed by atoms with Crippen molar-refractivity contribution in [1.29, 1.82) is 0 Å². The minimum atomic E-state index is -3.60. The summed E-state index contributed by atoms with van der Waals surface area (Å²) < 4.78 is 35.4. The summed E-state index contributed by atoms with van der Waals surface area (Å²) in [5.41, 5.74) is 1.61. The Morgan fingerprint density at radius 3 is 2.62 bits per heavy atom. The van der Waals surface area contributed by atoms with Crippen LogP contribution in [0.4, 0.5) is 14.5 Å². The van der Waals surface area contributed by atoms with Gasteiger partial charge in [0.1, 0.15) is 0 Å². The van der Waals surface area contributed by atoms with Crippen molar-refractivity contribution in [3.63, 3.8) is 0 Å². The summed E-state index contributed by atoms with van der Waals surface area (Å²) in [5, 5.41) is 3.72. The van der Waals surface area contributed by atoms with Gasteiger partial charge in [-0.15, -0.1) is 8.78 Å². The van der Waals surface area contributed by atoms with Crippen molar-refractivity contribution in [2.45, 2.75) is 12.8 Å². The van der Waals surface area contributed by atoms with Crippen LogP contribution in [0, 0.1) is 0 Å². The summed E-state index contributed by atoms with van der Waals surface area (Å²) in [7, 11) is 0. The lowest BCUT2D eigenvalue weighted by Gasteiger charge is -2.08. The van der Waals surface area contributed by atoms with Gasteiger partial charge < -0.3 is 14.8 Å². The highest BCUT2D eigenvalue weighted by atomic mass is 79.9. The van der Waals surface area contributed by atoms with Crippen LogP contribution >= 0.6 is 27.5 Å². The second kappa shape index (κ2) is 5.35. The second-order valence-corrected chi connectivity index (χ2v) is 5.69. The minimum Gasteiger partial charge on any atom is -0.395 e. The summed E-state index contributed by atoms with van der Waals surface area (Å²) in [5.74, 6) is 0.0380. The van der Waals surface area contributed by atoms with Gasteiger partial charge >= 0.3 is 6.29 Å². The van der Waals surface area contributed by atoms with E-state index in [9.17, 15) is 8.78 Å². The van der Waals surface area contributed by atoms with Crippen molar-refractivity contribution in [1.82, 2.24) is 0 Å². The lowest BCUT2D eigenvalue weighted by molar-refractivity contribution is -0.286. The van der Waals surface area contributed by atoms with E-state index in [2.05, 4.69) is 30.7 Å². The molecule has 2 aromatic rings. The van der Waals surface area contributed by atoms with Gasteiger partial charge in [0.25, 0.3) is 0 Å². The number of anilines is 1. The monoisotopic (exact) mass is 375 g/mol. The molecule has 0 bridgehead atoms. The van der Waals surface area contributed by atoms with Crippen LogP contribution in [-0.2, 0) is 6.54 Å². The molecule has 2 aromatic carbocycles. The molecule has 0 radical (unpaired) electrons. The number of nitrogens with one attached hydrogen (secondary N) is 1. The zero-order valence-corrected chi connectivity index (χ0v) is 12.8. The van der Waals surface area contributed by atoms with Gasteiger partial charge in [-0.25, -0.2) is 0 Å². The first kappa shape index (κ1) is 14.4. The number of hydrogen-bond acceptors (Lipinski definition) is 3. The van der Waals surface area contributed by atoms with Crippen LogP contribution in [0.1, 0.15) is 5.56 Å². The molecule has 21 heavy (non-hydrogen) atoms. The fourth-order valence-electron chi connectivity index (χ4n) is 1.91. The number of alkyl halides is 2. The highest BCUT2D eigenvalue weighted by Crippen LogP contribution is 2.42. The largest absolute Gasteiger partial charge is 0.586 e. The van der Waals surface area contributed by atoms with Crippen molar-refractivity contribution in [2.75, 3.05) is 5.32 Å². The smallest absolute Gasteiger partial charge is 0.395 e. The Kier molecular flexibility index (Phi) is 3.67. The summed E-state index contributed by atoms with van der Waals surface area (Å²) in [6, 6.07) is 10.1. The molecule has 0 aliphatic carbocycles. The first-order chi connectivity index (χ1) is 9.93. The Hall–Kier alpha value is -1.53. The minimum absolute atomic E-state index is 0.0128. The predicted octanol–water partition coefficient (Wildman–Crippen LogP) is 5.04. The molecule has 0 aromatic heterocycles. The van der Waals surface area contributed by atoms with E-state index >= 15 is 0 Å². The first-order valence-electron chi connectivity index (χ1n) is 6.01. The van der Waals surface area contributed by atoms with Gasteiger partial charge in [0.15, 0.2) is 11.5 Å². The van der Waals surface area contributed by atoms with Gasteiger partial charge in [0.05, 0.1) is 5.02 Å². The number of fused-ring (bicyclic) bond motifs is 1. The molecule has 0 saturated heterocycles. The average molecular weight is 377 g/mol. The first-order valence-corrected chi connectivity index (χ1v) is 7.18. The average Bonchev–Trinajstić information content (AvgIpc) is 2.73. The third-order valence-corrected chi connectivity index (χ3v) is 4.11. The van der Waals surface area contributed by atoms with Crippen LogP contribution in [0.5, 0.6) is 11.5 Å². The van der Waals surface area contributed by atoms with Gasteiger partial charge in [-0.05, 0) is 45.8 Å². The number of rotatable bonds is 3. The summed E-state index contributed by atoms with van der Waals surface area (Å²) in [6.07, 6.45) is -3.60. The molecule has 1 aliphatic heterocycles. The molecule has 3 nitrogen and oxygen atoms in total. The molecule has 7 heteroatoms. The Bertz CT molecular complexity index is 697. The Balaban J connectivity index is 1.71. The van der Waals surface area contributed by atoms with Crippen LogP contribution in [0.3, 0.4) is 0 Å². The van der Waals surface area contributed by atoms with Gasteiger partial charge in [0.2, 0.25) is 0 Å². The molecule has 0 unspecified atom stereocenters. The van der Waals surface area contributed by atoms with E-state index in [1.807, 2.05) is 18.2 Å². The molecule has 0 spiro atoms. The lowest BCUT2D eigenvalue weighted by Crippen LogP contribution is -2.25. The number of hydrogen-bond donors (Lipinski definition) is 1. The van der Waals surface area contributed by atoms with Gasteiger partial charge in [-0.1, -0.05) is 17.7 Å². The van der Waals surface area contributed by atoms with Crippen LogP contribution in [0.25, 0.3) is 0 Å². The third-order valence-electron chi connectivity index (χ3n) is 2.88. The van der Waals surface area contributed by atoms with Gasteiger partial charge in [-0.3, -0.25) is 0 Å². The number of ether oxygens (including phenoxy) is 2. The van der Waals surface area contributed by atoms with Crippen LogP contribution in [0.15, 0.2) is 40.9 Å². The van der Waals surface area contributed by atoms with E-state index < -0.39 is 6.29 Å². The molecule has 0 saturated carbocycles. The molecule has 0 fully saturated rings. The van der Waals surface area contributed by atoms with Crippen molar-refractivity contribution in [3.8, 4) is 11.5 Å². The van der Waals surface area contributed by atoms with Crippen molar-refractivity contribution in [2.24, 2.45) is 0 Å². The fraction of sp³-hybridized carbons (Fsp3) is 0.143. The van der Waals surface area contributed by atoms with Crippen molar-refractivity contribution >= 4 is 33.2 Å². The van der Waals surface area contributed by atoms with Crippen LogP contribution in [0.2, 0.25) is 5.02 Å². The lowest BCUT2D eigenvalue weighted by atomic mass is 10.2. The van der Waals surface area contributed by atoms with E-state index in [1.54, 1.807) is 6.07 Å². The maximum Gasteiger partial charge on any atom is 0.586 e. The highest BCUT2D eigenvalue weighted by Gasteiger charge is 2.43. The molecular formula is C14H9BrClF2NO2. The van der Waals surface area contributed by atoms with Crippen LogP contribution < -0.4 is 14.8 Å². The zero-order chi connectivity index (χ0) is 15.0. The number of halogens is 4. The van der Waals surface area contributed by atoms with E-state index in [-0.39, 0.29) is 11.5 Å². The Labute approximate surface area is 132 Å². The molecular weight excluding hydrogens is 368 g/mol. The maximum absolute atomic E-state index is 12.9.